The van der Waals surface area contributed by atoms with Gasteiger partial charge in [0.1, 0.15) is 5.82 Å². The van der Waals surface area contributed by atoms with Crippen LogP contribution in [0.2, 0.25) is 0 Å². The smallest absolute Gasteiger partial charge is 0.126 e. The number of hydrogen-bond acceptors (Lipinski definition) is 2. The summed E-state index contributed by atoms with van der Waals surface area (Å²) in [4.78, 5) is 1.30. The van der Waals surface area contributed by atoms with Gasteiger partial charge >= 0.3 is 0 Å². The third kappa shape index (κ3) is 2.99. The standard InChI is InChI=1S/C14H15BrFNS/c1-9-7-10(3-4-12(9)16)13(17-2)8-14-11(15)5-6-18-14/h3-7,13,17H,8H2,1-2H3. The molecule has 2 rings (SSSR count). The van der Waals surface area contributed by atoms with Gasteiger partial charge in [-0.25, -0.2) is 4.39 Å². The number of rotatable bonds is 4. The molecule has 1 nitrogen and oxygen atoms in total. The van der Waals surface area contributed by atoms with Gasteiger partial charge in [-0.1, -0.05) is 12.1 Å². The number of benzene rings is 1. The van der Waals surface area contributed by atoms with Crippen molar-refractivity contribution in [1.29, 1.82) is 0 Å². The largest absolute Gasteiger partial charge is 0.313 e. The second-order valence-corrected chi connectivity index (χ2v) is 6.10. The Morgan fingerprint density at radius 2 is 2.17 bits per heavy atom. The van der Waals surface area contributed by atoms with E-state index in [-0.39, 0.29) is 11.9 Å². The minimum Gasteiger partial charge on any atom is -0.313 e. The second-order valence-electron chi connectivity index (χ2n) is 4.25. The van der Waals surface area contributed by atoms with Crippen LogP contribution in [0, 0.1) is 12.7 Å². The van der Waals surface area contributed by atoms with Crippen LogP contribution in [-0.4, -0.2) is 7.05 Å². The Hall–Kier alpha value is -0.710. The lowest BCUT2D eigenvalue weighted by molar-refractivity contribution is 0.585. The first kappa shape index (κ1) is 13.7. The summed E-state index contributed by atoms with van der Waals surface area (Å²) in [5.41, 5.74) is 1.81. The third-order valence-electron chi connectivity index (χ3n) is 3.01. The summed E-state index contributed by atoms with van der Waals surface area (Å²) in [5.74, 6) is -0.147. The Balaban J connectivity index is 2.23. The molecule has 0 saturated heterocycles. The Morgan fingerprint density at radius 3 is 2.72 bits per heavy atom. The van der Waals surface area contributed by atoms with Crippen LogP contribution in [0.5, 0.6) is 0 Å². The number of hydrogen-bond donors (Lipinski definition) is 1. The van der Waals surface area contributed by atoms with Gasteiger partial charge in [-0.3, -0.25) is 0 Å². The summed E-state index contributed by atoms with van der Waals surface area (Å²) < 4.78 is 14.4. The number of aryl methyl sites for hydroxylation is 1. The number of thiophene rings is 1. The maximum Gasteiger partial charge on any atom is 0.126 e. The zero-order chi connectivity index (χ0) is 13.1. The van der Waals surface area contributed by atoms with E-state index >= 15 is 0 Å². The van der Waals surface area contributed by atoms with Gasteiger partial charge in [0, 0.05) is 21.8 Å². The zero-order valence-electron chi connectivity index (χ0n) is 10.3. The topological polar surface area (TPSA) is 12.0 Å². The number of likely N-dealkylation sites (N-methyl/N-ethyl adjacent to an activating group) is 1. The van der Waals surface area contributed by atoms with Crippen molar-refractivity contribution in [2.24, 2.45) is 0 Å². The van der Waals surface area contributed by atoms with Crippen molar-refractivity contribution in [2.45, 2.75) is 19.4 Å². The molecule has 1 heterocycles. The lowest BCUT2D eigenvalue weighted by Crippen LogP contribution is -2.18. The van der Waals surface area contributed by atoms with Crippen LogP contribution in [-0.2, 0) is 6.42 Å². The van der Waals surface area contributed by atoms with Crippen LogP contribution in [0.1, 0.15) is 22.0 Å². The highest BCUT2D eigenvalue weighted by Crippen LogP contribution is 2.28. The minimum atomic E-state index is -0.147. The first-order chi connectivity index (χ1) is 8.61. The predicted octanol–water partition coefficient (Wildman–Crippen LogP) is 4.46. The molecule has 0 aliphatic heterocycles. The van der Waals surface area contributed by atoms with Crippen LogP contribution in [0.4, 0.5) is 4.39 Å². The molecule has 2 aromatic rings. The van der Waals surface area contributed by atoms with E-state index < -0.39 is 0 Å². The van der Waals surface area contributed by atoms with Gasteiger partial charge in [-0.05, 0) is 58.5 Å². The van der Waals surface area contributed by atoms with Crippen molar-refractivity contribution in [3.8, 4) is 0 Å². The summed E-state index contributed by atoms with van der Waals surface area (Å²) in [5, 5.41) is 5.37. The molecule has 0 aliphatic rings. The van der Waals surface area contributed by atoms with Gasteiger partial charge < -0.3 is 5.32 Å². The third-order valence-corrected chi connectivity index (χ3v) is 4.96. The molecule has 0 fully saturated rings. The molecule has 4 heteroatoms. The zero-order valence-corrected chi connectivity index (χ0v) is 12.7. The van der Waals surface area contributed by atoms with E-state index in [1.807, 2.05) is 19.2 Å². The summed E-state index contributed by atoms with van der Waals surface area (Å²) in [6, 6.07) is 7.57. The molecule has 0 amide bonds. The number of nitrogens with one attached hydrogen (secondary N) is 1. The van der Waals surface area contributed by atoms with Crippen LogP contribution < -0.4 is 5.32 Å². The average molecular weight is 328 g/mol. The lowest BCUT2D eigenvalue weighted by Gasteiger charge is -2.17. The van der Waals surface area contributed by atoms with Crippen molar-refractivity contribution < 1.29 is 4.39 Å². The van der Waals surface area contributed by atoms with E-state index in [0.29, 0.717) is 5.56 Å². The van der Waals surface area contributed by atoms with Crippen molar-refractivity contribution in [3.63, 3.8) is 0 Å². The maximum absolute atomic E-state index is 13.3. The summed E-state index contributed by atoms with van der Waals surface area (Å²) in [6.07, 6.45) is 0.903. The van der Waals surface area contributed by atoms with Gasteiger partial charge in [0.05, 0.1) is 0 Å². The maximum atomic E-state index is 13.3. The monoisotopic (exact) mass is 327 g/mol. The molecule has 0 bridgehead atoms. The molecule has 18 heavy (non-hydrogen) atoms. The van der Waals surface area contributed by atoms with Crippen LogP contribution in [0.3, 0.4) is 0 Å². The highest BCUT2D eigenvalue weighted by molar-refractivity contribution is 9.10. The normalized spacial score (nSPS) is 12.7. The lowest BCUT2D eigenvalue weighted by atomic mass is 10.0. The second kappa shape index (κ2) is 5.95. The predicted molar refractivity (Wildman–Crippen MR) is 78.7 cm³/mol. The fraction of sp³-hybridized carbons (Fsp3) is 0.286. The van der Waals surface area contributed by atoms with Gasteiger partial charge in [-0.2, -0.15) is 0 Å². The van der Waals surface area contributed by atoms with Gasteiger partial charge in [0.2, 0.25) is 0 Å². The molecule has 0 aliphatic carbocycles. The number of halogens is 2. The Bertz CT molecular complexity index is 538. The Morgan fingerprint density at radius 1 is 1.39 bits per heavy atom. The average Bonchev–Trinajstić information content (AvgIpc) is 2.75. The van der Waals surface area contributed by atoms with E-state index in [2.05, 4.69) is 32.7 Å². The van der Waals surface area contributed by atoms with Gasteiger partial charge in [0.15, 0.2) is 0 Å². The van der Waals surface area contributed by atoms with E-state index in [1.165, 1.54) is 4.88 Å². The Kier molecular flexibility index (Phi) is 4.54. The van der Waals surface area contributed by atoms with E-state index in [9.17, 15) is 4.39 Å². The fourth-order valence-corrected chi connectivity index (χ4v) is 3.49. The molecular weight excluding hydrogens is 313 g/mol. The van der Waals surface area contributed by atoms with E-state index in [4.69, 9.17) is 0 Å². The highest BCUT2D eigenvalue weighted by Gasteiger charge is 2.13. The SMILES string of the molecule is CNC(Cc1sccc1Br)c1ccc(F)c(C)c1. The molecule has 1 unspecified atom stereocenters. The molecule has 96 valence electrons. The first-order valence-electron chi connectivity index (χ1n) is 5.77. The molecular formula is C14H15BrFNS. The van der Waals surface area contributed by atoms with E-state index in [1.54, 1.807) is 24.3 Å². The highest BCUT2D eigenvalue weighted by atomic mass is 79.9. The van der Waals surface area contributed by atoms with Crippen LogP contribution in [0.25, 0.3) is 0 Å². The van der Waals surface area contributed by atoms with Crippen molar-refractivity contribution in [1.82, 2.24) is 5.32 Å². The van der Waals surface area contributed by atoms with E-state index in [0.717, 1.165) is 16.5 Å². The van der Waals surface area contributed by atoms with Crippen molar-refractivity contribution in [2.75, 3.05) is 7.05 Å². The molecule has 0 radical (unpaired) electrons. The summed E-state index contributed by atoms with van der Waals surface area (Å²) in [7, 11) is 1.94. The summed E-state index contributed by atoms with van der Waals surface area (Å²) >= 11 is 5.28. The van der Waals surface area contributed by atoms with Gasteiger partial charge in [0.25, 0.3) is 0 Å². The van der Waals surface area contributed by atoms with Gasteiger partial charge in [-0.15, -0.1) is 11.3 Å². The Labute approximate surface area is 119 Å². The quantitative estimate of drug-likeness (QED) is 0.874. The first-order valence-corrected chi connectivity index (χ1v) is 7.44. The van der Waals surface area contributed by atoms with Crippen LogP contribution >= 0.6 is 27.3 Å². The molecule has 1 aromatic carbocycles. The molecule has 1 N–H and O–H groups in total. The molecule has 1 atom stereocenters. The van der Waals surface area contributed by atoms with Crippen molar-refractivity contribution >= 4 is 27.3 Å². The molecule has 1 aromatic heterocycles. The van der Waals surface area contributed by atoms with Crippen molar-refractivity contribution in [3.05, 3.63) is 55.9 Å². The molecule has 0 spiro atoms. The molecule has 0 saturated carbocycles. The van der Waals surface area contributed by atoms with Crippen LogP contribution in [0.15, 0.2) is 34.1 Å². The summed E-state index contributed by atoms with van der Waals surface area (Å²) in [6.45, 7) is 1.80. The minimum absolute atomic E-state index is 0.147. The fourth-order valence-electron chi connectivity index (χ4n) is 1.93.